The lowest BCUT2D eigenvalue weighted by Crippen LogP contribution is -2.48. The molecule has 0 aromatic heterocycles. The average Bonchev–Trinajstić information content (AvgIpc) is 2.62. The number of carboxylic acids is 2. The first-order valence-electron chi connectivity index (χ1n) is 8.70. The largest absolute Gasteiger partial charge is 0.473 e. The van der Waals surface area contributed by atoms with Crippen LogP contribution in [-0.2, 0) is 32.3 Å². The van der Waals surface area contributed by atoms with Crippen LogP contribution in [0.4, 0.5) is 13.2 Å². The third-order valence-corrected chi connectivity index (χ3v) is 6.16. The molecule has 0 aliphatic carbocycles. The molecule has 0 bridgehead atoms. The van der Waals surface area contributed by atoms with Crippen LogP contribution < -0.4 is 0 Å². The fourth-order valence-corrected chi connectivity index (χ4v) is 4.22. The zero-order chi connectivity index (χ0) is 22.2. The minimum absolute atomic E-state index is 0.115. The molecule has 1 aromatic carbocycles. The Hall–Kier alpha value is -2.18. The number of alkyl halides is 3. The van der Waals surface area contributed by atoms with Crippen molar-refractivity contribution in [1.29, 1.82) is 0 Å². The van der Waals surface area contributed by atoms with E-state index in [1.807, 2.05) is 11.8 Å². The van der Waals surface area contributed by atoms with E-state index in [0.29, 0.717) is 32.6 Å². The summed E-state index contributed by atoms with van der Waals surface area (Å²) in [6.07, 6.45) is -3.82. The van der Waals surface area contributed by atoms with Gasteiger partial charge in [-0.15, -0.1) is 0 Å². The van der Waals surface area contributed by atoms with Gasteiger partial charge in [-0.25, -0.2) is 18.0 Å². The van der Waals surface area contributed by atoms with Crippen molar-refractivity contribution in [2.45, 2.75) is 26.1 Å². The first-order chi connectivity index (χ1) is 13.4. The van der Waals surface area contributed by atoms with Gasteiger partial charge in [0, 0.05) is 32.7 Å². The van der Waals surface area contributed by atoms with Crippen LogP contribution in [0.15, 0.2) is 24.3 Å². The Morgan fingerprint density at radius 3 is 2.00 bits per heavy atom. The summed E-state index contributed by atoms with van der Waals surface area (Å²) in [6, 6.07) is 5.52. The van der Waals surface area contributed by atoms with Crippen LogP contribution in [-0.4, -0.2) is 71.7 Å². The number of hydrogen-bond acceptors (Lipinski definition) is 5. The van der Waals surface area contributed by atoms with Gasteiger partial charge in [0.05, 0.1) is 11.3 Å². The number of hydrogen-bond donors (Lipinski definition) is 2. The van der Waals surface area contributed by atoms with Crippen molar-refractivity contribution in [3.05, 3.63) is 35.4 Å². The van der Waals surface area contributed by atoms with Crippen molar-refractivity contribution in [2.24, 2.45) is 0 Å². The highest BCUT2D eigenvalue weighted by atomic mass is 32.2. The summed E-state index contributed by atoms with van der Waals surface area (Å²) in [7, 11) is -3.23. The normalized spacial score (nSPS) is 16.0. The maximum atomic E-state index is 13.0. The molecular weight excluding hydrogens is 417 g/mol. The first-order valence-corrected chi connectivity index (χ1v) is 10.3. The van der Waals surface area contributed by atoms with Crippen LogP contribution in [0, 0.1) is 0 Å². The predicted molar refractivity (Wildman–Crippen MR) is 97.6 cm³/mol. The van der Waals surface area contributed by atoms with Crippen LogP contribution in [0.5, 0.6) is 0 Å². The molecule has 1 saturated heterocycles. The molecule has 164 valence electrons. The molecule has 1 aromatic rings. The van der Waals surface area contributed by atoms with E-state index < -0.39 is 33.7 Å². The summed E-state index contributed by atoms with van der Waals surface area (Å²) in [6.45, 7) is 3.52. The molecule has 0 atom stereocenters. The standard InChI is InChI=1S/C15H21F3N2O2S.C2H2O4/c1-2-11-23(21,22)20-9-7-19(8-10-20)12-13-5-3-4-6-14(13)15(16,17)18;3-1(4)2(5)6/h3-6H,2,7-12H2,1H3;(H,3,4)(H,5,6). The van der Waals surface area contributed by atoms with Gasteiger partial charge in [-0.3, -0.25) is 4.90 Å². The predicted octanol–water partition coefficient (Wildman–Crippen LogP) is 1.72. The monoisotopic (exact) mass is 440 g/mol. The van der Waals surface area contributed by atoms with Gasteiger partial charge >= 0.3 is 18.1 Å². The van der Waals surface area contributed by atoms with Gasteiger partial charge in [-0.1, -0.05) is 25.1 Å². The summed E-state index contributed by atoms with van der Waals surface area (Å²) >= 11 is 0. The Kier molecular flexibility index (Phi) is 9.05. The number of aliphatic carboxylic acids is 2. The zero-order valence-electron chi connectivity index (χ0n) is 15.7. The van der Waals surface area contributed by atoms with E-state index in [0.717, 1.165) is 6.07 Å². The van der Waals surface area contributed by atoms with Crippen molar-refractivity contribution < 1.29 is 41.4 Å². The molecule has 1 fully saturated rings. The maximum Gasteiger partial charge on any atom is 0.416 e. The molecule has 12 heteroatoms. The summed E-state index contributed by atoms with van der Waals surface area (Å²) in [4.78, 5) is 20.1. The molecule has 0 saturated carbocycles. The van der Waals surface area contributed by atoms with Crippen LogP contribution in [0.2, 0.25) is 0 Å². The van der Waals surface area contributed by atoms with E-state index in [9.17, 15) is 21.6 Å². The van der Waals surface area contributed by atoms with Crippen LogP contribution >= 0.6 is 0 Å². The minimum atomic E-state index is -4.37. The Morgan fingerprint density at radius 2 is 1.55 bits per heavy atom. The fourth-order valence-electron chi connectivity index (χ4n) is 2.73. The molecule has 29 heavy (non-hydrogen) atoms. The second-order valence-corrected chi connectivity index (χ2v) is 8.34. The lowest BCUT2D eigenvalue weighted by Gasteiger charge is -2.34. The van der Waals surface area contributed by atoms with E-state index in [1.54, 1.807) is 6.07 Å². The zero-order valence-corrected chi connectivity index (χ0v) is 16.5. The van der Waals surface area contributed by atoms with E-state index in [-0.39, 0.29) is 17.9 Å². The highest BCUT2D eigenvalue weighted by Crippen LogP contribution is 2.32. The number of nitrogens with zero attached hydrogens (tertiary/aromatic N) is 2. The van der Waals surface area contributed by atoms with Crippen LogP contribution in [0.25, 0.3) is 0 Å². The molecule has 0 amide bonds. The van der Waals surface area contributed by atoms with Crippen molar-refractivity contribution >= 4 is 22.0 Å². The highest BCUT2D eigenvalue weighted by molar-refractivity contribution is 7.89. The van der Waals surface area contributed by atoms with Crippen molar-refractivity contribution in [1.82, 2.24) is 9.21 Å². The van der Waals surface area contributed by atoms with E-state index >= 15 is 0 Å². The van der Waals surface area contributed by atoms with Crippen molar-refractivity contribution in [2.75, 3.05) is 31.9 Å². The Morgan fingerprint density at radius 1 is 1.03 bits per heavy atom. The molecule has 0 radical (unpaired) electrons. The first kappa shape index (κ1) is 24.9. The van der Waals surface area contributed by atoms with E-state index in [2.05, 4.69) is 0 Å². The number of carbonyl (C=O) groups is 2. The number of rotatable bonds is 5. The Balaban J connectivity index is 0.000000612. The number of piperazine rings is 1. The highest BCUT2D eigenvalue weighted by Gasteiger charge is 2.34. The molecule has 1 heterocycles. The SMILES string of the molecule is CCCS(=O)(=O)N1CCN(Cc2ccccc2C(F)(F)F)CC1.O=C(O)C(=O)O. The van der Waals surface area contributed by atoms with Crippen molar-refractivity contribution in [3.8, 4) is 0 Å². The molecule has 2 N–H and O–H groups in total. The number of halogens is 3. The summed E-state index contributed by atoms with van der Waals surface area (Å²) < 4.78 is 64.4. The molecule has 8 nitrogen and oxygen atoms in total. The van der Waals surface area contributed by atoms with E-state index in [4.69, 9.17) is 19.8 Å². The van der Waals surface area contributed by atoms with Gasteiger partial charge in [-0.05, 0) is 18.1 Å². The summed E-state index contributed by atoms with van der Waals surface area (Å²) in [5.41, 5.74) is -0.397. The van der Waals surface area contributed by atoms with Gasteiger partial charge in [0.15, 0.2) is 0 Å². The third kappa shape index (κ3) is 7.99. The second-order valence-electron chi connectivity index (χ2n) is 6.26. The molecule has 0 spiro atoms. The molecule has 1 aliphatic rings. The van der Waals surface area contributed by atoms with Gasteiger partial charge in [0.1, 0.15) is 0 Å². The van der Waals surface area contributed by atoms with Crippen molar-refractivity contribution in [3.63, 3.8) is 0 Å². The number of sulfonamides is 1. The van der Waals surface area contributed by atoms with Crippen LogP contribution in [0.1, 0.15) is 24.5 Å². The summed E-state index contributed by atoms with van der Waals surface area (Å²) in [5, 5.41) is 14.8. The quantitative estimate of drug-likeness (QED) is 0.670. The number of benzene rings is 1. The molecular formula is C17H23F3N2O6S. The Labute approximate surface area is 166 Å². The lowest BCUT2D eigenvalue weighted by atomic mass is 10.1. The third-order valence-electron chi connectivity index (χ3n) is 4.09. The molecule has 2 rings (SSSR count). The van der Waals surface area contributed by atoms with Gasteiger partial charge in [0.25, 0.3) is 0 Å². The smallest absolute Gasteiger partial charge is 0.416 e. The average molecular weight is 440 g/mol. The summed E-state index contributed by atoms with van der Waals surface area (Å²) in [5.74, 6) is -3.53. The van der Waals surface area contributed by atoms with Gasteiger partial charge in [-0.2, -0.15) is 17.5 Å². The Bertz CT molecular complexity index is 794. The number of carboxylic acid groups (broad SMARTS) is 2. The van der Waals surface area contributed by atoms with Crippen LogP contribution in [0.3, 0.4) is 0 Å². The second kappa shape index (κ2) is 10.6. The fraction of sp³-hybridized carbons (Fsp3) is 0.529. The maximum absolute atomic E-state index is 13.0. The van der Waals surface area contributed by atoms with E-state index in [1.165, 1.54) is 16.4 Å². The van der Waals surface area contributed by atoms with Gasteiger partial charge < -0.3 is 10.2 Å². The minimum Gasteiger partial charge on any atom is -0.473 e. The molecule has 0 unspecified atom stereocenters. The van der Waals surface area contributed by atoms with Gasteiger partial charge in [0.2, 0.25) is 10.0 Å². The molecule has 1 aliphatic heterocycles. The lowest BCUT2D eigenvalue weighted by molar-refractivity contribution is -0.159. The topological polar surface area (TPSA) is 115 Å².